The third kappa shape index (κ3) is 5.65. The molecule has 0 aromatic heterocycles. The summed E-state index contributed by atoms with van der Waals surface area (Å²) in [4.78, 5) is 12.0. The highest BCUT2D eigenvalue weighted by atomic mass is 35.5. The van der Waals surface area contributed by atoms with E-state index in [1.165, 1.54) is 0 Å². The van der Waals surface area contributed by atoms with E-state index in [4.69, 9.17) is 11.6 Å². The van der Waals surface area contributed by atoms with E-state index < -0.39 is 0 Å². The van der Waals surface area contributed by atoms with Crippen LogP contribution < -0.4 is 5.32 Å². The van der Waals surface area contributed by atoms with Crippen molar-refractivity contribution in [1.29, 1.82) is 0 Å². The topological polar surface area (TPSA) is 29.1 Å². The molecule has 0 aliphatic carbocycles. The van der Waals surface area contributed by atoms with Crippen molar-refractivity contribution in [3.05, 3.63) is 35.4 Å². The standard InChI is InChI=1S/C16H24ClNO/c1-3-5-6-15(4-2)16(19)18-12-14-9-7-13(11-17)8-10-14/h7-10,15H,3-6,11-12H2,1-2H3,(H,18,19). The molecule has 1 amide bonds. The van der Waals surface area contributed by atoms with Crippen LogP contribution in [0.15, 0.2) is 24.3 Å². The lowest BCUT2D eigenvalue weighted by Gasteiger charge is -2.14. The van der Waals surface area contributed by atoms with Gasteiger partial charge in [0.2, 0.25) is 5.91 Å². The monoisotopic (exact) mass is 281 g/mol. The molecule has 1 unspecified atom stereocenters. The number of hydrogen-bond acceptors (Lipinski definition) is 1. The third-order valence-corrected chi connectivity index (χ3v) is 3.72. The average Bonchev–Trinajstić information content (AvgIpc) is 2.46. The number of carbonyl (C=O) groups excluding carboxylic acids is 1. The molecule has 2 nitrogen and oxygen atoms in total. The first kappa shape index (κ1) is 16.0. The van der Waals surface area contributed by atoms with Gasteiger partial charge in [-0.25, -0.2) is 0 Å². The maximum absolute atomic E-state index is 12.0. The zero-order chi connectivity index (χ0) is 14.1. The van der Waals surface area contributed by atoms with Crippen molar-refractivity contribution in [2.24, 2.45) is 5.92 Å². The van der Waals surface area contributed by atoms with E-state index in [1.54, 1.807) is 0 Å². The molecule has 0 bridgehead atoms. The van der Waals surface area contributed by atoms with Gasteiger partial charge in [0, 0.05) is 18.3 Å². The number of rotatable bonds is 8. The lowest BCUT2D eigenvalue weighted by atomic mass is 9.98. The van der Waals surface area contributed by atoms with Gasteiger partial charge >= 0.3 is 0 Å². The smallest absolute Gasteiger partial charge is 0.223 e. The Labute approximate surface area is 121 Å². The van der Waals surface area contributed by atoms with Crippen molar-refractivity contribution in [2.75, 3.05) is 0 Å². The summed E-state index contributed by atoms with van der Waals surface area (Å²) in [5.74, 6) is 0.862. The second-order valence-corrected chi connectivity index (χ2v) is 5.18. The number of carbonyl (C=O) groups is 1. The molecule has 106 valence electrons. The Hall–Kier alpha value is -1.02. The van der Waals surface area contributed by atoms with Gasteiger partial charge in [0.1, 0.15) is 0 Å². The van der Waals surface area contributed by atoms with Gasteiger partial charge < -0.3 is 5.32 Å². The molecule has 1 aromatic rings. The Morgan fingerprint density at radius 3 is 2.37 bits per heavy atom. The summed E-state index contributed by atoms with van der Waals surface area (Å²) in [5.41, 5.74) is 2.22. The molecule has 0 spiro atoms. The minimum absolute atomic E-state index is 0.155. The molecular weight excluding hydrogens is 258 g/mol. The molecule has 1 aromatic carbocycles. The van der Waals surface area contributed by atoms with Crippen molar-refractivity contribution in [2.45, 2.75) is 52.0 Å². The molecule has 3 heteroatoms. The van der Waals surface area contributed by atoms with Gasteiger partial charge in [-0.3, -0.25) is 4.79 Å². The van der Waals surface area contributed by atoms with Gasteiger partial charge in [0.05, 0.1) is 0 Å². The largest absolute Gasteiger partial charge is 0.352 e. The van der Waals surface area contributed by atoms with Gasteiger partial charge in [-0.15, -0.1) is 11.6 Å². The van der Waals surface area contributed by atoms with Gasteiger partial charge in [-0.2, -0.15) is 0 Å². The molecule has 1 N–H and O–H groups in total. The molecule has 0 radical (unpaired) electrons. The van der Waals surface area contributed by atoms with Crippen LogP contribution in [-0.4, -0.2) is 5.91 Å². The van der Waals surface area contributed by atoms with E-state index in [-0.39, 0.29) is 11.8 Å². The first-order valence-corrected chi connectivity index (χ1v) is 7.66. The molecule has 0 saturated heterocycles. The highest BCUT2D eigenvalue weighted by Gasteiger charge is 2.14. The summed E-state index contributed by atoms with van der Waals surface area (Å²) in [6, 6.07) is 8.04. The van der Waals surface area contributed by atoms with Crippen LogP contribution in [0, 0.1) is 5.92 Å². The Morgan fingerprint density at radius 1 is 1.21 bits per heavy atom. The van der Waals surface area contributed by atoms with Crippen LogP contribution in [0.3, 0.4) is 0 Å². The van der Waals surface area contributed by atoms with Gasteiger partial charge in [0.25, 0.3) is 0 Å². The van der Waals surface area contributed by atoms with Crippen molar-refractivity contribution in [3.63, 3.8) is 0 Å². The number of benzene rings is 1. The highest BCUT2D eigenvalue weighted by molar-refractivity contribution is 6.17. The summed E-state index contributed by atoms with van der Waals surface area (Å²) in [6.07, 6.45) is 4.17. The fourth-order valence-electron chi connectivity index (χ4n) is 2.05. The van der Waals surface area contributed by atoms with Crippen LogP contribution in [0.4, 0.5) is 0 Å². The Balaban J connectivity index is 2.43. The van der Waals surface area contributed by atoms with Crippen LogP contribution >= 0.6 is 11.6 Å². The number of alkyl halides is 1. The van der Waals surface area contributed by atoms with Crippen LogP contribution in [-0.2, 0) is 17.2 Å². The van der Waals surface area contributed by atoms with Gasteiger partial charge in [0.15, 0.2) is 0 Å². The van der Waals surface area contributed by atoms with Crippen molar-refractivity contribution in [1.82, 2.24) is 5.32 Å². The molecule has 0 heterocycles. The lowest BCUT2D eigenvalue weighted by Crippen LogP contribution is -2.30. The lowest BCUT2D eigenvalue weighted by molar-refractivity contribution is -0.125. The maximum Gasteiger partial charge on any atom is 0.223 e. The zero-order valence-corrected chi connectivity index (χ0v) is 12.7. The summed E-state index contributed by atoms with van der Waals surface area (Å²) in [7, 11) is 0. The number of hydrogen-bond donors (Lipinski definition) is 1. The second kappa shape index (κ2) is 8.98. The first-order valence-electron chi connectivity index (χ1n) is 7.12. The van der Waals surface area contributed by atoms with E-state index >= 15 is 0 Å². The second-order valence-electron chi connectivity index (χ2n) is 4.92. The van der Waals surface area contributed by atoms with E-state index in [1.807, 2.05) is 24.3 Å². The maximum atomic E-state index is 12.0. The predicted octanol–water partition coefficient (Wildman–Crippen LogP) is 4.26. The quantitative estimate of drug-likeness (QED) is 0.709. The summed E-state index contributed by atoms with van der Waals surface area (Å²) < 4.78 is 0. The van der Waals surface area contributed by atoms with E-state index in [2.05, 4.69) is 19.2 Å². The van der Waals surface area contributed by atoms with Crippen LogP contribution in [0.2, 0.25) is 0 Å². The fraction of sp³-hybridized carbons (Fsp3) is 0.562. The predicted molar refractivity (Wildman–Crippen MR) is 81.2 cm³/mol. The first-order chi connectivity index (χ1) is 9.21. The molecule has 1 atom stereocenters. The van der Waals surface area contributed by atoms with Crippen molar-refractivity contribution < 1.29 is 4.79 Å². The minimum atomic E-state index is 0.155. The zero-order valence-electron chi connectivity index (χ0n) is 11.9. The van der Waals surface area contributed by atoms with Gasteiger partial charge in [-0.05, 0) is 24.0 Å². The molecule has 0 aliphatic rings. The minimum Gasteiger partial charge on any atom is -0.352 e. The van der Waals surface area contributed by atoms with E-state index in [0.717, 1.165) is 36.8 Å². The summed E-state index contributed by atoms with van der Waals surface area (Å²) in [5, 5.41) is 3.02. The van der Waals surface area contributed by atoms with Crippen LogP contribution in [0.25, 0.3) is 0 Å². The molecule has 0 fully saturated rings. The number of amides is 1. The fourth-order valence-corrected chi connectivity index (χ4v) is 2.23. The van der Waals surface area contributed by atoms with Crippen molar-refractivity contribution >= 4 is 17.5 Å². The van der Waals surface area contributed by atoms with Crippen molar-refractivity contribution in [3.8, 4) is 0 Å². The number of unbranched alkanes of at least 4 members (excludes halogenated alkanes) is 1. The van der Waals surface area contributed by atoms with E-state index in [9.17, 15) is 4.79 Å². The molecule has 0 saturated carbocycles. The van der Waals surface area contributed by atoms with Crippen LogP contribution in [0.1, 0.15) is 50.7 Å². The average molecular weight is 282 g/mol. The number of halogens is 1. The molecule has 1 rings (SSSR count). The molecular formula is C16H24ClNO. The number of nitrogens with one attached hydrogen (secondary N) is 1. The normalized spacial score (nSPS) is 12.2. The Morgan fingerprint density at radius 2 is 1.84 bits per heavy atom. The Kier molecular flexibility index (Phi) is 7.57. The van der Waals surface area contributed by atoms with Gasteiger partial charge in [-0.1, -0.05) is 51.0 Å². The molecule has 0 aliphatic heterocycles. The molecule has 19 heavy (non-hydrogen) atoms. The highest BCUT2D eigenvalue weighted by Crippen LogP contribution is 2.13. The van der Waals surface area contributed by atoms with E-state index in [0.29, 0.717) is 12.4 Å². The Bertz CT molecular complexity index is 375. The third-order valence-electron chi connectivity index (χ3n) is 3.41. The summed E-state index contributed by atoms with van der Waals surface area (Å²) in [6.45, 7) is 4.84. The van der Waals surface area contributed by atoms with Crippen LogP contribution in [0.5, 0.6) is 0 Å². The summed E-state index contributed by atoms with van der Waals surface area (Å²) >= 11 is 5.75. The SMILES string of the molecule is CCCCC(CC)C(=O)NCc1ccc(CCl)cc1.